The van der Waals surface area contributed by atoms with Gasteiger partial charge in [-0.25, -0.2) is 0 Å². The first kappa shape index (κ1) is 14.7. The third-order valence-electron chi connectivity index (χ3n) is 3.57. The van der Waals surface area contributed by atoms with Crippen molar-refractivity contribution in [3.63, 3.8) is 0 Å². The molecule has 2 aromatic heterocycles. The van der Waals surface area contributed by atoms with E-state index in [9.17, 15) is 0 Å². The Labute approximate surface area is 122 Å². The number of hydrogen-bond donors (Lipinski definition) is 0. The fourth-order valence-corrected chi connectivity index (χ4v) is 2.38. The van der Waals surface area contributed by atoms with E-state index in [1.807, 2.05) is 18.5 Å². The molecule has 2 nitrogen and oxygen atoms in total. The van der Waals surface area contributed by atoms with Crippen molar-refractivity contribution < 1.29 is 0 Å². The number of pyridine rings is 2. The molecule has 0 aliphatic carbocycles. The second-order valence-electron chi connectivity index (χ2n) is 5.43. The summed E-state index contributed by atoms with van der Waals surface area (Å²) in [5, 5.41) is 0. The van der Waals surface area contributed by atoms with Crippen molar-refractivity contribution in [1.29, 1.82) is 0 Å². The second kappa shape index (κ2) is 7.78. The van der Waals surface area contributed by atoms with Crippen LogP contribution in [0.4, 0.5) is 0 Å². The molecule has 0 radical (unpaired) electrons. The van der Waals surface area contributed by atoms with Crippen molar-refractivity contribution >= 4 is 0 Å². The molecule has 0 aromatic carbocycles. The van der Waals surface area contributed by atoms with Crippen LogP contribution in [-0.4, -0.2) is 9.97 Å². The van der Waals surface area contributed by atoms with E-state index in [2.05, 4.69) is 42.0 Å². The molecule has 2 heteroatoms. The van der Waals surface area contributed by atoms with Gasteiger partial charge in [-0.2, -0.15) is 0 Å². The first-order valence-corrected chi connectivity index (χ1v) is 7.67. The third kappa shape index (κ3) is 4.44. The Kier molecular flexibility index (Phi) is 5.72. The molecule has 0 aliphatic heterocycles. The fraction of sp³-hybridized carbons (Fsp3) is 0.444. The molecule has 2 rings (SSSR count). The van der Waals surface area contributed by atoms with Crippen LogP contribution in [0.5, 0.6) is 0 Å². The molecule has 0 bridgehead atoms. The van der Waals surface area contributed by atoms with Gasteiger partial charge in [0.15, 0.2) is 0 Å². The summed E-state index contributed by atoms with van der Waals surface area (Å²) in [6, 6.07) is 8.41. The molecule has 2 aromatic rings. The number of hydrogen-bond acceptors (Lipinski definition) is 2. The first-order chi connectivity index (χ1) is 9.79. The lowest BCUT2D eigenvalue weighted by atomic mass is 10.0. The molecule has 0 spiro atoms. The van der Waals surface area contributed by atoms with Crippen LogP contribution in [-0.2, 0) is 6.42 Å². The van der Waals surface area contributed by atoms with Gasteiger partial charge in [0, 0.05) is 12.4 Å². The maximum atomic E-state index is 4.45. The van der Waals surface area contributed by atoms with Crippen LogP contribution in [0.2, 0.25) is 0 Å². The van der Waals surface area contributed by atoms with Gasteiger partial charge in [0.1, 0.15) is 0 Å². The third-order valence-corrected chi connectivity index (χ3v) is 3.57. The normalized spacial score (nSPS) is 10.7. The summed E-state index contributed by atoms with van der Waals surface area (Å²) in [6.07, 6.45) is 11.5. The van der Waals surface area contributed by atoms with E-state index in [1.54, 1.807) is 0 Å². The minimum absolute atomic E-state index is 0.970. The maximum Gasteiger partial charge on any atom is 0.0888 e. The minimum atomic E-state index is 0.970. The van der Waals surface area contributed by atoms with Crippen LogP contribution < -0.4 is 0 Å². The van der Waals surface area contributed by atoms with Crippen LogP contribution in [0.3, 0.4) is 0 Å². The van der Waals surface area contributed by atoms with E-state index < -0.39 is 0 Å². The topological polar surface area (TPSA) is 25.8 Å². The number of aromatic nitrogens is 2. The van der Waals surface area contributed by atoms with Gasteiger partial charge < -0.3 is 0 Å². The van der Waals surface area contributed by atoms with Gasteiger partial charge in [0.25, 0.3) is 0 Å². The number of rotatable bonds is 7. The molecule has 0 unspecified atom stereocenters. The van der Waals surface area contributed by atoms with Crippen molar-refractivity contribution in [2.75, 3.05) is 0 Å². The fourth-order valence-electron chi connectivity index (χ4n) is 2.38. The van der Waals surface area contributed by atoms with Gasteiger partial charge in [-0.1, -0.05) is 32.6 Å². The number of aryl methyl sites for hydroxylation is 2. The van der Waals surface area contributed by atoms with Crippen molar-refractivity contribution in [2.24, 2.45) is 0 Å². The highest BCUT2D eigenvalue weighted by Gasteiger charge is 2.02. The van der Waals surface area contributed by atoms with Crippen LogP contribution >= 0.6 is 0 Å². The highest BCUT2D eigenvalue weighted by Crippen LogP contribution is 2.17. The van der Waals surface area contributed by atoms with E-state index in [0.29, 0.717) is 0 Å². The van der Waals surface area contributed by atoms with E-state index in [4.69, 9.17) is 0 Å². The van der Waals surface area contributed by atoms with Gasteiger partial charge in [0.05, 0.1) is 11.4 Å². The van der Waals surface area contributed by atoms with Crippen LogP contribution in [0, 0.1) is 6.92 Å². The molecule has 0 amide bonds. The lowest BCUT2D eigenvalue weighted by Gasteiger charge is -2.05. The monoisotopic (exact) mass is 268 g/mol. The van der Waals surface area contributed by atoms with Crippen molar-refractivity contribution in [1.82, 2.24) is 9.97 Å². The lowest BCUT2D eigenvalue weighted by Crippen LogP contribution is -1.92. The predicted octanol–water partition coefficient (Wildman–Crippen LogP) is 4.96. The Morgan fingerprint density at radius 2 is 1.55 bits per heavy atom. The van der Waals surface area contributed by atoms with Gasteiger partial charge in [-0.3, -0.25) is 9.97 Å². The summed E-state index contributed by atoms with van der Waals surface area (Å²) in [5.74, 6) is 0. The molecule has 0 saturated heterocycles. The van der Waals surface area contributed by atoms with E-state index in [-0.39, 0.29) is 0 Å². The van der Waals surface area contributed by atoms with E-state index in [1.165, 1.54) is 43.2 Å². The van der Waals surface area contributed by atoms with Crippen molar-refractivity contribution in [3.05, 3.63) is 47.8 Å². The van der Waals surface area contributed by atoms with Crippen LogP contribution in [0.1, 0.15) is 50.2 Å². The Morgan fingerprint density at radius 3 is 2.30 bits per heavy atom. The zero-order valence-electron chi connectivity index (χ0n) is 12.6. The van der Waals surface area contributed by atoms with Gasteiger partial charge >= 0.3 is 0 Å². The van der Waals surface area contributed by atoms with E-state index in [0.717, 1.165) is 17.8 Å². The predicted molar refractivity (Wildman–Crippen MR) is 84.7 cm³/mol. The van der Waals surface area contributed by atoms with E-state index >= 15 is 0 Å². The Hall–Kier alpha value is -1.70. The molecular weight excluding hydrogens is 244 g/mol. The van der Waals surface area contributed by atoms with Gasteiger partial charge in [-0.05, 0) is 55.2 Å². The largest absolute Gasteiger partial charge is 0.255 e. The number of unbranched alkanes of at least 4 members (excludes halogenated alkanes) is 4. The van der Waals surface area contributed by atoms with Gasteiger partial charge in [-0.15, -0.1) is 0 Å². The average Bonchev–Trinajstić information content (AvgIpc) is 2.47. The second-order valence-corrected chi connectivity index (χ2v) is 5.43. The Bertz CT molecular complexity index is 534. The van der Waals surface area contributed by atoms with Crippen LogP contribution in [0.15, 0.2) is 36.7 Å². The number of nitrogens with zero attached hydrogens (tertiary/aromatic N) is 2. The SMILES string of the molecule is CCCCCCCc1ccnc(-c2cc(C)ccn2)c1. The van der Waals surface area contributed by atoms with Gasteiger partial charge in [0.2, 0.25) is 0 Å². The molecule has 2 heterocycles. The molecule has 106 valence electrons. The molecular formula is C18H24N2. The zero-order chi connectivity index (χ0) is 14.2. The summed E-state index contributed by atoms with van der Waals surface area (Å²) in [5.41, 5.74) is 4.55. The Balaban J connectivity index is 1.97. The highest BCUT2D eigenvalue weighted by atomic mass is 14.8. The maximum absolute atomic E-state index is 4.45. The smallest absolute Gasteiger partial charge is 0.0888 e. The summed E-state index contributed by atoms with van der Waals surface area (Å²) < 4.78 is 0. The summed E-state index contributed by atoms with van der Waals surface area (Å²) in [4.78, 5) is 8.86. The summed E-state index contributed by atoms with van der Waals surface area (Å²) in [6.45, 7) is 4.34. The highest BCUT2D eigenvalue weighted by molar-refractivity contribution is 5.55. The molecule has 0 atom stereocenters. The van der Waals surface area contributed by atoms with Crippen molar-refractivity contribution in [3.8, 4) is 11.4 Å². The standard InChI is InChI=1S/C18H24N2/c1-3-4-5-6-7-8-16-10-12-20-18(14-16)17-13-15(2)9-11-19-17/h9-14H,3-8H2,1-2H3. The minimum Gasteiger partial charge on any atom is -0.255 e. The zero-order valence-corrected chi connectivity index (χ0v) is 12.6. The summed E-state index contributed by atoms with van der Waals surface area (Å²) in [7, 11) is 0. The molecule has 0 saturated carbocycles. The van der Waals surface area contributed by atoms with Crippen LogP contribution in [0.25, 0.3) is 11.4 Å². The molecule has 0 N–H and O–H groups in total. The average molecular weight is 268 g/mol. The molecule has 0 fully saturated rings. The first-order valence-electron chi connectivity index (χ1n) is 7.67. The summed E-state index contributed by atoms with van der Waals surface area (Å²) >= 11 is 0. The molecule has 0 aliphatic rings. The quantitative estimate of drug-likeness (QED) is 0.663. The lowest BCUT2D eigenvalue weighted by molar-refractivity contribution is 0.632. The van der Waals surface area contributed by atoms with Crippen molar-refractivity contribution in [2.45, 2.75) is 52.4 Å². The Morgan fingerprint density at radius 1 is 0.850 bits per heavy atom. The molecule has 20 heavy (non-hydrogen) atoms.